The molecule has 0 bridgehead atoms. The Balaban J connectivity index is 2.47. The molecule has 2 atom stereocenters. The van der Waals surface area contributed by atoms with Crippen LogP contribution in [0.3, 0.4) is 0 Å². The number of likely N-dealkylation sites (tertiary alicyclic amines) is 1. The van der Waals surface area contributed by atoms with Crippen LogP contribution in [0.1, 0.15) is 27.2 Å². The molecule has 1 heterocycles. The van der Waals surface area contributed by atoms with E-state index in [2.05, 4.69) is 13.8 Å². The van der Waals surface area contributed by atoms with E-state index in [1.807, 2.05) is 11.8 Å². The zero-order valence-corrected chi connectivity index (χ0v) is 9.36. The van der Waals surface area contributed by atoms with Crippen molar-refractivity contribution < 1.29 is 9.90 Å². The van der Waals surface area contributed by atoms with Gasteiger partial charge in [-0.2, -0.15) is 0 Å². The van der Waals surface area contributed by atoms with E-state index >= 15 is 0 Å². The van der Waals surface area contributed by atoms with Gasteiger partial charge in [0.1, 0.15) is 0 Å². The van der Waals surface area contributed by atoms with Gasteiger partial charge >= 0.3 is 0 Å². The molecule has 3 heteroatoms. The minimum atomic E-state index is 0.104. The van der Waals surface area contributed by atoms with E-state index in [4.69, 9.17) is 5.11 Å². The van der Waals surface area contributed by atoms with Crippen LogP contribution in [0.4, 0.5) is 0 Å². The molecule has 0 saturated carbocycles. The number of amides is 1. The van der Waals surface area contributed by atoms with Crippen LogP contribution in [-0.4, -0.2) is 35.6 Å². The van der Waals surface area contributed by atoms with Gasteiger partial charge in [0.2, 0.25) is 5.91 Å². The van der Waals surface area contributed by atoms with Crippen LogP contribution >= 0.6 is 0 Å². The number of carbonyl (C=O) groups excluding carboxylic acids is 1. The Hall–Kier alpha value is -0.570. The highest BCUT2D eigenvalue weighted by atomic mass is 16.3. The largest absolute Gasteiger partial charge is 0.396 e. The molecule has 2 unspecified atom stereocenters. The summed E-state index contributed by atoms with van der Waals surface area (Å²) in [5.41, 5.74) is 0. The summed E-state index contributed by atoms with van der Waals surface area (Å²) in [6.45, 7) is 7.90. The number of carbonyl (C=O) groups is 1. The molecule has 1 saturated heterocycles. The van der Waals surface area contributed by atoms with E-state index < -0.39 is 0 Å². The summed E-state index contributed by atoms with van der Waals surface area (Å²) < 4.78 is 0. The minimum Gasteiger partial charge on any atom is -0.396 e. The second-order valence-corrected chi connectivity index (χ2v) is 4.65. The van der Waals surface area contributed by atoms with Crippen molar-refractivity contribution in [2.45, 2.75) is 27.2 Å². The van der Waals surface area contributed by atoms with Crippen molar-refractivity contribution in [3.05, 3.63) is 0 Å². The summed E-state index contributed by atoms with van der Waals surface area (Å²) in [4.78, 5) is 13.8. The zero-order chi connectivity index (χ0) is 10.7. The topological polar surface area (TPSA) is 40.5 Å². The second kappa shape index (κ2) is 4.78. The summed E-state index contributed by atoms with van der Waals surface area (Å²) in [5.74, 6) is 1.05. The molecule has 1 amide bonds. The molecule has 82 valence electrons. The molecular weight excluding hydrogens is 178 g/mol. The molecule has 1 N–H and O–H groups in total. The van der Waals surface area contributed by atoms with Crippen molar-refractivity contribution in [1.82, 2.24) is 4.90 Å². The van der Waals surface area contributed by atoms with Crippen LogP contribution < -0.4 is 0 Å². The maximum absolute atomic E-state index is 11.9. The molecule has 1 fully saturated rings. The highest BCUT2D eigenvalue weighted by molar-refractivity contribution is 5.79. The van der Waals surface area contributed by atoms with Crippen molar-refractivity contribution >= 4 is 5.91 Å². The molecular formula is C11H21NO2. The Morgan fingerprint density at radius 2 is 2.14 bits per heavy atom. The molecule has 0 aromatic heterocycles. The van der Waals surface area contributed by atoms with Gasteiger partial charge in [0.05, 0.1) is 0 Å². The molecule has 1 aliphatic rings. The van der Waals surface area contributed by atoms with E-state index in [1.165, 1.54) is 0 Å². The molecule has 14 heavy (non-hydrogen) atoms. The molecule has 0 aromatic carbocycles. The number of rotatable bonds is 3. The molecule has 0 aliphatic carbocycles. The molecule has 0 radical (unpaired) electrons. The summed E-state index contributed by atoms with van der Waals surface area (Å²) in [6, 6.07) is 0. The number of hydrogen-bond acceptors (Lipinski definition) is 2. The van der Waals surface area contributed by atoms with Gasteiger partial charge in [-0.25, -0.2) is 0 Å². The van der Waals surface area contributed by atoms with E-state index in [1.54, 1.807) is 0 Å². The molecule has 3 nitrogen and oxygen atoms in total. The highest BCUT2D eigenvalue weighted by Gasteiger charge is 2.29. The lowest BCUT2D eigenvalue weighted by Gasteiger charge is -2.23. The first-order valence-corrected chi connectivity index (χ1v) is 5.46. The van der Waals surface area contributed by atoms with Crippen molar-refractivity contribution in [2.24, 2.45) is 17.8 Å². The van der Waals surface area contributed by atoms with E-state index in [9.17, 15) is 4.79 Å². The molecule has 0 spiro atoms. The van der Waals surface area contributed by atoms with Crippen LogP contribution in [0.25, 0.3) is 0 Å². The zero-order valence-electron chi connectivity index (χ0n) is 9.36. The van der Waals surface area contributed by atoms with Crippen molar-refractivity contribution in [3.63, 3.8) is 0 Å². The van der Waals surface area contributed by atoms with Crippen LogP contribution in [-0.2, 0) is 4.79 Å². The summed E-state index contributed by atoms with van der Waals surface area (Å²) >= 11 is 0. The first-order chi connectivity index (χ1) is 6.56. The molecule has 1 aliphatic heterocycles. The SMILES string of the molecule is CC(C)C(C)C(=O)N1CCC(CO)C1. The van der Waals surface area contributed by atoms with Gasteiger partial charge in [-0.3, -0.25) is 4.79 Å². The lowest BCUT2D eigenvalue weighted by atomic mass is 9.97. The number of aliphatic hydroxyl groups is 1. The lowest BCUT2D eigenvalue weighted by molar-refractivity contribution is -0.135. The average Bonchev–Trinajstić information content (AvgIpc) is 2.63. The number of aliphatic hydroxyl groups excluding tert-OH is 1. The van der Waals surface area contributed by atoms with Gasteiger partial charge in [0, 0.05) is 31.5 Å². The number of nitrogens with zero attached hydrogens (tertiary/aromatic N) is 1. The van der Waals surface area contributed by atoms with Crippen LogP contribution in [0, 0.1) is 17.8 Å². The van der Waals surface area contributed by atoms with Crippen LogP contribution in [0.15, 0.2) is 0 Å². The Kier molecular flexibility index (Phi) is 3.93. The fraction of sp³-hybridized carbons (Fsp3) is 0.909. The lowest BCUT2D eigenvalue weighted by Crippen LogP contribution is -2.35. The summed E-state index contributed by atoms with van der Waals surface area (Å²) in [7, 11) is 0. The molecule has 1 rings (SSSR count). The molecule has 0 aromatic rings. The predicted octanol–water partition coefficient (Wildman–Crippen LogP) is 1.12. The summed E-state index contributed by atoms with van der Waals surface area (Å²) in [6.07, 6.45) is 0.951. The maximum atomic E-state index is 11.9. The standard InChI is InChI=1S/C11H21NO2/c1-8(2)9(3)11(14)12-5-4-10(6-12)7-13/h8-10,13H,4-7H2,1-3H3. The van der Waals surface area contributed by atoms with Gasteiger partial charge in [0.15, 0.2) is 0 Å². The summed E-state index contributed by atoms with van der Waals surface area (Å²) in [5, 5.41) is 8.98. The average molecular weight is 199 g/mol. The van der Waals surface area contributed by atoms with Crippen molar-refractivity contribution in [3.8, 4) is 0 Å². The third-order valence-electron chi connectivity index (χ3n) is 3.25. The van der Waals surface area contributed by atoms with Crippen LogP contribution in [0.5, 0.6) is 0 Å². The van der Waals surface area contributed by atoms with Crippen LogP contribution in [0.2, 0.25) is 0 Å². The van der Waals surface area contributed by atoms with E-state index in [-0.39, 0.29) is 18.4 Å². The maximum Gasteiger partial charge on any atom is 0.225 e. The third kappa shape index (κ3) is 2.47. The monoisotopic (exact) mass is 199 g/mol. The van der Waals surface area contributed by atoms with Gasteiger partial charge in [0.25, 0.3) is 0 Å². The third-order valence-corrected chi connectivity index (χ3v) is 3.25. The Morgan fingerprint density at radius 1 is 1.50 bits per heavy atom. The van der Waals surface area contributed by atoms with E-state index in [0.29, 0.717) is 11.8 Å². The first kappa shape index (κ1) is 11.5. The Morgan fingerprint density at radius 3 is 2.57 bits per heavy atom. The van der Waals surface area contributed by atoms with E-state index in [0.717, 1.165) is 19.5 Å². The highest BCUT2D eigenvalue weighted by Crippen LogP contribution is 2.20. The van der Waals surface area contributed by atoms with Crippen molar-refractivity contribution in [1.29, 1.82) is 0 Å². The van der Waals surface area contributed by atoms with Gasteiger partial charge in [-0.1, -0.05) is 20.8 Å². The van der Waals surface area contributed by atoms with Crippen molar-refractivity contribution in [2.75, 3.05) is 19.7 Å². The Bertz CT molecular complexity index is 203. The fourth-order valence-corrected chi connectivity index (χ4v) is 1.75. The predicted molar refractivity (Wildman–Crippen MR) is 55.8 cm³/mol. The quantitative estimate of drug-likeness (QED) is 0.740. The minimum absolute atomic E-state index is 0.104. The second-order valence-electron chi connectivity index (χ2n) is 4.65. The van der Waals surface area contributed by atoms with Gasteiger partial charge in [-0.05, 0) is 12.3 Å². The normalized spacial score (nSPS) is 24.4. The smallest absolute Gasteiger partial charge is 0.225 e. The van der Waals surface area contributed by atoms with Gasteiger partial charge in [-0.15, -0.1) is 0 Å². The first-order valence-electron chi connectivity index (χ1n) is 5.46. The number of hydrogen-bond donors (Lipinski definition) is 1. The fourth-order valence-electron chi connectivity index (χ4n) is 1.75. The Labute approximate surface area is 86.1 Å². The van der Waals surface area contributed by atoms with Gasteiger partial charge < -0.3 is 10.0 Å².